The number of carbonyl (C=O) groups excluding carboxylic acids is 1. The molecule has 0 saturated carbocycles. The van der Waals surface area contributed by atoms with Crippen molar-refractivity contribution in [2.24, 2.45) is 0 Å². The number of nitrogens with one attached hydrogen (secondary N) is 1. The summed E-state index contributed by atoms with van der Waals surface area (Å²) in [6.07, 6.45) is 3.70. The Balaban J connectivity index is 1.49. The molecule has 0 saturated heterocycles. The number of carbonyl (C=O) groups is 1. The maximum Gasteiger partial charge on any atom is 0.230 e. The molecule has 5 nitrogen and oxygen atoms in total. The van der Waals surface area contributed by atoms with Crippen molar-refractivity contribution in [1.29, 1.82) is 0 Å². The first-order valence-corrected chi connectivity index (χ1v) is 11.4. The largest absolute Gasteiger partial charge is 0.351 e. The number of benzene rings is 2. The van der Waals surface area contributed by atoms with Gasteiger partial charge in [-0.15, -0.1) is 0 Å². The van der Waals surface area contributed by atoms with Gasteiger partial charge in [-0.05, 0) is 42.8 Å². The highest BCUT2D eigenvalue weighted by molar-refractivity contribution is 7.99. The van der Waals surface area contributed by atoms with Crippen LogP contribution in [0.25, 0.3) is 5.69 Å². The van der Waals surface area contributed by atoms with E-state index < -0.39 is 0 Å². The molecule has 0 bridgehead atoms. The number of rotatable bonds is 10. The second-order valence-corrected chi connectivity index (χ2v) is 8.15. The highest BCUT2D eigenvalue weighted by Crippen LogP contribution is 2.22. The van der Waals surface area contributed by atoms with E-state index in [2.05, 4.69) is 72.4 Å². The van der Waals surface area contributed by atoms with Crippen molar-refractivity contribution in [1.82, 2.24) is 19.8 Å². The first-order chi connectivity index (χ1) is 14.6. The van der Waals surface area contributed by atoms with Gasteiger partial charge in [-0.25, -0.2) is 4.98 Å². The number of imidazole rings is 1. The lowest BCUT2D eigenvalue weighted by Crippen LogP contribution is -2.25. The van der Waals surface area contributed by atoms with Crippen LogP contribution < -0.4 is 5.32 Å². The minimum absolute atomic E-state index is 0.00607. The standard InChI is InChI=1S/C24H30N4OS/c1-4-27(5-2)17-21-12-10-20(11-13-21)16-26-23(29)18-30-24-25-14-15-28(24)22-9-7-6-8-19(22)3/h6-15H,4-5,16-18H2,1-3H3,(H,26,29). The maximum absolute atomic E-state index is 12.3. The van der Waals surface area contributed by atoms with E-state index in [1.165, 1.54) is 22.9 Å². The van der Waals surface area contributed by atoms with Gasteiger partial charge in [0.1, 0.15) is 0 Å². The third-order valence-corrected chi connectivity index (χ3v) is 6.09. The Morgan fingerprint density at radius 1 is 1.07 bits per heavy atom. The fraction of sp³-hybridized carbons (Fsp3) is 0.333. The Kier molecular flexibility index (Phi) is 8.11. The molecule has 6 heteroatoms. The minimum atomic E-state index is 0.00607. The van der Waals surface area contributed by atoms with Gasteiger partial charge in [0.25, 0.3) is 0 Å². The summed E-state index contributed by atoms with van der Waals surface area (Å²) in [4.78, 5) is 19.1. The number of aromatic nitrogens is 2. The van der Waals surface area contributed by atoms with Crippen LogP contribution in [0, 0.1) is 6.92 Å². The zero-order chi connectivity index (χ0) is 21.3. The molecule has 3 aromatic rings. The SMILES string of the molecule is CCN(CC)Cc1ccc(CNC(=O)CSc2nccn2-c2ccccc2C)cc1. The molecule has 1 aromatic heterocycles. The third-order valence-electron chi connectivity index (χ3n) is 5.13. The van der Waals surface area contributed by atoms with Crippen LogP contribution in [0.4, 0.5) is 0 Å². The average molecular weight is 423 g/mol. The predicted molar refractivity (Wildman–Crippen MR) is 124 cm³/mol. The Morgan fingerprint density at radius 2 is 1.77 bits per heavy atom. The van der Waals surface area contributed by atoms with E-state index in [9.17, 15) is 4.79 Å². The van der Waals surface area contributed by atoms with E-state index >= 15 is 0 Å². The van der Waals surface area contributed by atoms with Crippen LogP contribution in [0.2, 0.25) is 0 Å². The summed E-state index contributed by atoms with van der Waals surface area (Å²) in [5.41, 5.74) is 4.67. The molecule has 3 rings (SSSR count). The van der Waals surface area contributed by atoms with Gasteiger partial charge in [-0.1, -0.05) is 68.1 Å². The van der Waals surface area contributed by atoms with Crippen molar-refractivity contribution in [3.05, 3.63) is 77.6 Å². The van der Waals surface area contributed by atoms with Crippen molar-refractivity contribution in [2.45, 2.75) is 39.0 Å². The van der Waals surface area contributed by atoms with Crippen molar-refractivity contribution in [3.63, 3.8) is 0 Å². The molecule has 0 spiro atoms. The van der Waals surface area contributed by atoms with Gasteiger partial charge in [0.05, 0.1) is 11.4 Å². The Hall–Kier alpha value is -2.57. The molecule has 2 aromatic carbocycles. The van der Waals surface area contributed by atoms with Gasteiger partial charge >= 0.3 is 0 Å². The number of hydrogen-bond acceptors (Lipinski definition) is 4. The van der Waals surface area contributed by atoms with Gasteiger partial charge in [0.2, 0.25) is 5.91 Å². The van der Waals surface area contributed by atoms with Gasteiger partial charge in [0, 0.05) is 25.5 Å². The first kappa shape index (κ1) is 22.1. The first-order valence-electron chi connectivity index (χ1n) is 10.4. The van der Waals surface area contributed by atoms with E-state index in [0.29, 0.717) is 12.3 Å². The summed E-state index contributed by atoms with van der Waals surface area (Å²) in [6.45, 7) is 10.0. The van der Waals surface area contributed by atoms with Crippen LogP contribution in [-0.2, 0) is 17.9 Å². The van der Waals surface area contributed by atoms with Gasteiger partial charge in [-0.3, -0.25) is 14.3 Å². The number of para-hydroxylation sites is 1. The second-order valence-electron chi connectivity index (χ2n) is 7.21. The lowest BCUT2D eigenvalue weighted by Gasteiger charge is -2.18. The molecular formula is C24H30N4OS. The lowest BCUT2D eigenvalue weighted by molar-refractivity contribution is -0.118. The van der Waals surface area contributed by atoms with E-state index in [4.69, 9.17) is 0 Å². The van der Waals surface area contributed by atoms with Gasteiger partial charge in [0.15, 0.2) is 5.16 Å². The number of aryl methyl sites for hydroxylation is 1. The smallest absolute Gasteiger partial charge is 0.230 e. The summed E-state index contributed by atoms with van der Waals surface area (Å²) in [6, 6.07) is 16.6. The summed E-state index contributed by atoms with van der Waals surface area (Å²) in [7, 11) is 0. The van der Waals surface area contributed by atoms with E-state index in [-0.39, 0.29) is 5.91 Å². The molecule has 158 valence electrons. The van der Waals surface area contributed by atoms with Crippen LogP contribution >= 0.6 is 11.8 Å². The minimum Gasteiger partial charge on any atom is -0.351 e. The van der Waals surface area contributed by atoms with E-state index in [1.54, 1.807) is 6.20 Å². The quantitative estimate of drug-likeness (QED) is 0.491. The zero-order valence-electron chi connectivity index (χ0n) is 18.0. The predicted octanol–water partition coefficient (Wildman–Crippen LogP) is 4.43. The number of thioether (sulfide) groups is 1. The van der Waals surface area contributed by atoms with Gasteiger partial charge in [-0.2, -0.15) is 0 Å². The highest BCUT2D eigenvalue weighted by atomic mass is 32.2. The van der Waals surface area contributed by atoms with E-state index in [0.717, 1.165) is 36.0 Å². The topological polar surface area (TPSA) is 50.2 Å². The van der Waals surface area contributed by atoms with Gasteiger partial charge < -0.3 is 5.32 Å². The van der Waals surface area contributed by atoms with Crippen molar-refractivity contribution >= 4 is 17.7 Å². The molecule has 1 heterocycles. The Morgan fingerprint density at radius 3 is 2.47 bits per heavy atom. The summed E-state index contributed by atoms with van der Waals surface area (Å²) < 4.78 is 2.03. The molecule has 0 fully saturated rings. The van der Waals surface area contributed by atoms with Crippen LogP contribution in [0.5, 0.6) is 0 Å². The molecule has 0 aliphatic heterocycles. The van der Waals surface area contributed by atoms with E-state index in [1.807, 2.05) is 22.9 Å². The van der Waals surface area contributed by atoms with Crippen LogP contribution in [-0.4, -0.2) is 39.2 Å². The zero-order valence-corrected chi connectivity index (χ0v) is 18.8. The van der Waals surface area contributed by atoms with Crippen molar-refractivity contribution in [3.8, 4) is 5.69 Å². The highest BCUT2D eigenvalue weighted by Gasteiger charge is 2.10. The van der Waals surface area contributed by atoms with Crippen LogP contribution in [0.1, 0.15) is 30.5 Å². The fourth-order valence-electron chi connectivity index (χ4n) is 3.26. The lowest BCUT2D eigenvalue weighted by atomic mass is 10.1. The summed E-state index contributed by atoms with van der Waals surface area (Å²) >= 11 is 1.45. The molecule has 30 heavy (non-hydrogen) atoms. The molecule has 0 radical (unpaired) electrons. The number of nitrogens with zero attached hydrogens (tertiary/aromatic N) is 3. The molecule has 0 aliphatic rings. The molecule has 0 atom stereocenters. The molecule has 1 N–H and O–H groups in total. The molecular weight excluding hydrogens is 392 g/mol. The summed E-state index contributed by atoms with van der Waals surface area (Å²) in [5.74, 6) is 0.342. The maximum atomic E-state index is 12.3. The van der Waals surface area contributed by atoms with Crippen molar-refractivity contribution < 1.29 is 4.79 Å². The Labute approximate surface area is 183 Å². The number of amides is 1. The van der Waals surface area contributed by atoms with Crippen molar-refractivity contribution in [2.75, 3.05) is 18.8 Å². The normalized spacial score (nSPS) is 11.1. The molecule has 0 aliphatic carbocycles. The van der Waals surface area contributed by atoms with Crippen LogP contribution in [0.3, 0.4) is 0 Å². The van der Waals surface area contributed by atoms with Crippen LogP contribution in [0.15, 0.2) is 66.1 Å². The summed E-state index contributed by atoms with van der Waals surface area (Å²) in [5, 5.41) is 3.83. The molecule has 1 amide bonds. The Bertz CT molecular complexity index is 948. The third kappa shape index (κ3) is 5.97. The average Bonchev–Trinajstić information content (AvgIpc) is 3.24. The fourth-order valence-corrected chi connectivity index (χ4v) is 4.06. The monoisotopic (exact) mass is 422 g/mol. The second kappa shape index (κ2) is 11.0. The molecule has 0 unspecified atom stereocenters. The number of hydrogen-bond donors (Lipinski definition) is 1.